The number of hydrogen-bond acceptors (Lipinski definition) is 2. The fourth-order valence-electron chi connectivity index (χ4n) is 1.29. The number of hydrogen-bond donors (Lipinski definition) is 1. The second-order valence-corrected chi connectivity index (χ2v) is 4.14. The third-order valence-corrected chi connectivity index (χ3v) is 2.88. The molecule has 0 aliphatic carbocycles. The van der Waals surface area contributed by atoms with Gasteiger partial charge in [-0.3, -0.25) is 0 Å². The lowest BCUT2D eigenvalue weighted by Gasteiger charge is -2.15. The standard InChI is InChI=1S/C11H14Cl2FNO/c1-16-7-10(5-12)15-6-8-4-9(14)2-3-11(8)13/h2-4,10,15H,5-7H2,1H3. The van der Waals surface area contributed by atoms with Gasteiger partial charge in [-0.05, 0) is 23.8 Å². The Hall–Kier alpha value is -0.350. The van der Waals surface area contributed by atoms with Gasteiger partial charge in [0.15, 0.2) is 0 Å². The van der Waals surface area contributed by atoms with Crippen molar-refractivity contribution in [1.82, 2.24) is 5.32 Å². The van der Waals surface area contributed by atoms with E-state index in [1.807, 2.05) is 0 Å². The number of rotatable bonds is 6. The molecule has 2 nitrogen and oxygen atoms in total. The molecule has 0 amide bonds. The Kier molecular flexibility index (Phi) is 6.06. The number of alkyl halides is 1. The fraction of sp³-hybridized carbons (Fsp3) is 0.455. The van der Waals surface area contributed by atoms with Gasteiger partial charge in [0.05, 0.1) is 6.61 Å². The summed E-state index contributed by atoms with van der Waals surface area (Å²) in [4.78, 5) is 0. The maximum Gasteiger partial charge on any atom is 0.123 e. The van der Waals surface area contributed by atoms with Gasteiger partial charge in [0.2, 0.25) is 0 Å². The molecule has 0 bridgehead atoms. The number of ether oxygens (including phenoxy) is 1. The Labute approximate surface area is 105 Å². The predicted octanol–water partition coefficient (Wildman–Crippen LogP) is 2.82. The highest BCUT2D eigenvalue weighted by Crippen LogP contribution is 2.16. The molecule has 1 rings (SSSR count). The Morgan fingerprint density at radius 2 is 2.25 bits per heavy atom. The third-order valence-electron chi connectivity index (χ3n) is 2.14. The molecule has 1 aromatic carbocycles. The third kappa shape index (κ3) is 4.26. The fourth-order valence-corrected chi connectivity index (χ4v) is 1.67. The van der Waals surface area contributed by atoms with E-state index < -0.39 is 0 Å². The summed E-state index contributed by atoms with van der Waals surface area (Å²) in [6.45, 7) is 0.980. The molecule has 16 heavy (non-hydrogen) atoms. The molecule has 5 heteroatoms. The van der Waals surface area contributed by atoms with Crippen LogP contribution in [0.1, 0.15) is 5.56 Å². The SMILES string of the molecule is COCC(CCl)NCc1cc(F)ccc1Cl. The summed E-state index contributed by atoms with van der Waals surface area (Å²) in [6, 6.07) is 4.32. The van der Waals surface area contributed by atoms with Crippen LogP contribution in [0, 0.1) is 5.82 Å². The number of methoxy groups -OCH3 is 1. The highest BCUT2D eigenvalue weighted by atomic mass is 35.5. The van der Waals surface area contributed by atoms with Crippen LogP contribution in [0.2, 0.25) is 5.02 Å². The van der Waals surface area contributed by atoms with Crippen LogP contribution in [0.5, 0.6) is 0 Å². The molecule has 1 N–H and O–H groups in total. The Morgan fingerprint density at radius 3 is 2.88 bits per heavy atom. The van der Waals surface area contributed by atoms with Crippen molar-refractivity contribution in [1.29, 1.82) is 0 Å². The van der Waals surface area contributed by atoms with Crippen LogP contribution in [0.4, 0.5) is 4.39 Å². The van der Waals surface area contributed by atoms with Crippen LogP contribution in [0.25, 0.3) is 0 Å². The van der Waals surface area contributed by atoms with Crippen molar-refractivity contribution in [2.75, 3.05) is 19.6 Å². The van der Waals surface area contributed by atoms with Gasteiger partial charge in [-0.1, -0.05) is 11.6 Å². The lowest BCUT2D eigenvalue weighted by atomic mass is 10.2. The lowest BCUT2D eigenvalue weighted by molar-refractivity contribution is 0.172. The van der Waals surface area contributed by atoms with Crippen molar-refractivity contribution < 1.29 is 9.13 Å². The van der Waals surface area contributed by atoms with E-state index in [0.717, 1.165) is 0 Å². The predicted molar refractivity (Wildman–Crippen MR) is 64.6 cm³/mol. The minimum absolute atomic E-state index is 0.0333. The topological polar surface area (TPSA) is 21.3 Å². The first-order chi connectivity index (χ1) is 7.67. The minimum atomic E-state index is -0.296. The van der Waals surface area contributed by atoms with E-state index in [1.54, 1.807) is 13.2 Å². The lowest BCUT2D eigenvalue weighted by Crippen LogP contribution is -2.34. The van der Waals surface area contributed by atoms with E-state index in [1.165, 1.54) is 12.1 Å². The first-order valence-electron chi connectivity index (χ1n) is 4.89. The van der Waals surface area contributed by atoms with E-state index in [2.05, 4.69) is 5.32 Å². The first kappa shape index (κ1) is 13.7. The maximum atomic E-state index is 13.0. The molecule has 0 spiro atoms. The molecule has 1 atom stereocenters. The van der Waals surface area contributed by atoms with E-state index in [9.17, 15) is 4.39 Å². The zero-order chi connectivity index (χ0) is 12.0. The number of nitrogens with one attached hydrogen (secondary N) is 1. The Bertz CT molecular complexity index is 336. The summed E-state index contributed by atoms with van der Waals surface area (Å²) in [6.07, 6.45) is 0. The molecular weight excluding hydrogens is 252 g/mol. The van der Waals surface area contributed by atoms with Gasteiger partial charge in [-0.25, -0.2) is 4.39 Å². The molecule has 0 radical (unpaired) electrons. The minimum Gasteiger partial charge on any atom is -0.383 e. The van der Waals surface area contributed by atoms with Crippen molar-refractivity contribution in [2.24, 2.45) is 0 Å². The molecule has 0 aromatic heterocycles. The Balaban J connectivity index is 2.55. The molecule has 0 heterocycles. The van der Waals surface area contributed by atoms with Crippen LogP contribution in [0.15, 0.2) is 18.2 Å². The second-order valence-electron chi connectivity index (χ2n) is 3.42. The molecule has 1 aromatic rings. The zero-order valence-corrected chi connectivity index (χ0v) is 10.5. The molecule has 0 aliphatic heterocycles. The van der Waals surface area contributed by atoms with E-state index in [0.29, 0.717) is 29.6 Å². The van der Waals surface area contributed by atoms with Gasteiger partial charge < -0.3 is 10.1 Å². The van der Waals surface area contributed by atoms with Gasteiger partial charge in [0.1, 0.15) is 5.82 Å². The largest absolute Gasteiger partial charge is 0.383 e. The monoisotopic (exact) mass is 265 g/mol. The molecule has 0 saturated carbocycles. The second kappa shape index (κ2) is 7.07. The molecule has 90 valence electrons. The van der Waals surface area contributed by atoms with Crippen LogP contribution >= 0.6 is 23.2 Å². The van der Waals surface area contributed by atoms with Gasteiger partial charge in [-0.2, -0.15) is 0 Å². The first-order valence-corrected chi connectivity index (χ1v) is 5.80. The summed E-state index contributed by atoms with van der Waals surface area (Å²) >= 11 is 11.7. The maximum absolute atomic E-state index is 13.0. The average Bonchev–Trinajstić information content (AvgIpc) is 2.28. The zero-order valence-electron chi connectivity index (χ0n) is 8.97. The van der Waals surface area contributed by atoms with E-state index in [-0.39, 0.29) is 11.9 Å². The summed E-state index contributed by atoms with van der Waals surface area (Å²) in [5, 5.41) is 3.69. The van der Waals surface area contributed by atoms with Crippen LogP contribution in [-0.2, 0) is 11.3 Å². The molecule has 0 saturated heterocycles. The highest BCUT2D eigenvalue weighted by Gasteiger charge is 2.08. The van der Waals surface area contributed by atoms with E-state index in [4.69, 9.17) is 27.9 Å². The van der Waals surface area contributed by atoms with Gasteiger partial charge in [-0.15, -0.1) is 11.6 Å². The molecule has 0 aliphatic rings. The van der Waals surface area contributed by atoms with Crippen LogP contribution in [0.3, 0.4) is 0 Å². The summed E-state index contributed by atoms with van der Waals surface area (Å²) in [5.41, 5.74) is 0.716. The summed E-state index contributed by atoms with van der Waals surface area (Å²) in [7, 11) is 1.61. The molecule has 1 unspecified atom stereocenters. The van der Waals surface area contributed by atoms with Crippen molar-refractivity contribution in [2.45, 2.75) is 12.6 Å². The normalized spacial score (nSPS) is 12.8. The van der Waals surface area contributed by atoms with Gasteiger partial charge >= 0.3 is 0 Å². The van der Waals surface area contributed by atoms with Crippen molar-refractivity contribution in [3.8, 4) is 0 Å². The quantitative estimate of drug-likeness (QED) is 0.799. The molecular formula is C11H14Cl2FNO. The Morgan fingerprint density at radius 1 is 1.50 bits per heavy atom. The van der Waals surface area contributed by atoms with E-state index >= 15 is 0 Å². The number of benzene rings is 1. The van der Waals surface area contributed by atoms with Crippen molar-refractivity contribution >= 4 is 23.2 Å². The van der Waals surface area contributed by atoms with Gasteiger partial charge in [0, 0.05) is 30.6 Å². The molecule has 0 fully saturated rings. The van der Waals surface area contributed by atoms with Gasteiger partial charge in [0.25, 0.3) is 0 Å². The van der Waals surface area contributed by atoms with Crippen molar-refractivity contribution in [3.05, 3.63) is 34.6 Å². The smallest absolute Gasteiger partial charge is 0.123 e. The van der Waals surface area contributed by atoms with Crippen molar-refractivity contribution in [3.63, 3.8) is 0 Å². The van der Waals surface area contributed by atoms with Crippen LogP contribution < -0.4 is 5.32 Å². The van der Waals surface area contributed by atoms with Crippen LogP contribution in [-0.4, -0.2) is 25.6 Å². The number of halogens is 3. The summed E-state index contributed by atoms with van der Waals surface area (Å²) < 4.78 is 17.9. The summed E-state index contributed by atoms with van der Waals surface area (Å²) in [5.74, 6) is 0.135. The highest BCUT2D eigenvalue weighted by molar-refractivity contribution is 6.31. The average molecular weight is 266 g/mol.